The van der Waals surface area contributed by atoms with Gasteiger partial charge in [0.05, 0.1) is 9.82 Å². The van der Waals surface area contributed by atoms with Crippen molar-refractivity contribution in [3.8, 4) is 0 Å². The van der Waals surface area contributed by atoms with E-state index in [0.717, 1.165) is 37.1 Å². The first-order valence-electron chi connectivity index (χ1n) is 6.72. The summed E-state index contributed by atoms with van der Waals surface area (Å²) in [6.07, 6.45) is 3.37. The van der Waals surface area contributed by atoms with Crippen LogP contribution in [0, 0.1) is 10.1 Å². The zero-order valence-corrected chi connectivity index (χ0v) is 12.9. The number of sulfonamides is 1. The second-order valence-electron chi connectivity index (χ2n) is 4.48. The van der Waals surface area contributed by atoms with Crippen LogP contribution in [0.5, 0.6) is 0 Å². The maximum Gasteiger partial charge on any atom is 0.276 e. The van der Waals surface area contributed by atoms with Crippen LogP contribution in [0.2, 0.25) is 0 Å². The molecular formula is C13H19N3O4S. The molecule has 116 valence electrons. The third-order valence-corrected chi connectivity index (χ3v) is 4.13. The van der Waals surface area contributed by atoms with E-state index in [2.05, 4.69) is 9.93 Å². The Morgan fingerprint density at radius 1 is 1.29 bits per heavy atom. The third-order valence-electron chi connectivity index (χ3n) is 2.91. The van der Waals surface area contributed by atoms with Gasteiger partial charge in [-0.3, -0.25) is 10.1 Å². The predicted molar refractivity (Wildman–Crippen MR) is 80.7 cm³/mol. The van der Waals surface area contributed by atoms with Gasteiger partial charge in [0, 0.05) is 17.8 Å². The van der Waals surface area contributed by atoms with E-state index >= 15 is 0 Å². The summed E-state index contributed by atoms with van der Waals surface area (Å²) in [5, 5.41) is 14.5. The Balaban J connectivity index is 2.85. The van der Waals surface area contributed by atoms with E-state index in [0.29, 0.717) is 6.42 Å². The Hall–Kier alpha value is -1.96. The lowest BCUT2D eigenvalue weighted by molar-refractivity contribution is -0.384. The third kappa shape index (κ3) is 5.14. The second kappa shape index (κ2) is 7.72. The second-order valence-corrected chi connectivity index (χ2v) is 6.14. The smallest absolute Gasteiger partial charge is 0.258 e. The Labute approximate surface area is 124 Å². The van der Waals surface area contributed by atoms with Crippen molar-refractivity contribution >= 4 is 21.4 Å². The van der Waals surface area contributed by atoms with Crippen LogP contribution in [0.15, 0.2) is 34.3 Å². The summed E-state index contributed by atoms with van der Waals surface area (Å²) in [4.78, 5) is 12.1. The molecule has 1 aromatic rings. The summed E-state index contributed by atoms with van der Waals surface area (Å²) >= 11 is 0. The topological polar surface area (TPSA) is 102 Å². The number of hydrazone groups is 1. The molecule has 1 aromatic carbocycles. The Morgan fingerprint density at radius 3 is 2.38 bits per heavy atom. The van der Waals surface area contributed by atoms with Crippen LogP contribution in [0.4, 0.5) is 5.69 Å². The number of rotatable bonds is 8. The van der Waals surface area contributed by atoms with E-state index in [4.69, 9.17) is 0 Å². The van der Waals surface area contributed by atoms with Gasteiger partial charge in [0.15, 0.2) is 0 Å². The number of non-ortho nitro benzene ring substituents is 1. The number of nitrogens with zero attached hydrogens (tertiary/aromatic N) is 2. The molecule has 0 unspecified atom stereocenters. The minimum atomic E-state index is -3.79. The van der Waals surface area contributed by atoms with E-state index in [1.54, 1.807) is 0 Å². The monoisotopic (exact) mass is 313 g/mol. The number of nitrogens with one attached hydrogen (secondary N) is 1. The van der Waals surface area contributed by atoms with Crippen LogP contribution in [-0.4, -0.2) is 19.1 Å². The first-order chi connectivity index (χ1) is 9.90. The highest BCUT2D eigenvalue weighted by Crippen LogP contribution is 2.15. The standard InChI is InChI=1S/C13H19N3O4S/c1-3-5-6-11(4-2)14-15-21(19,20)13-9-7-12(8-10-13)16(17)18/h7-10,15H,3-6H2,1-2H3/b14-11+. The normalized spacial score (nSPS) is 12.2. The van der Waals surface area contributed by atoms with Crippen molar-refractivity contribution < 1.29 is 13.3 Å². The van der Waals surface area contributed by atoms with Crippen LogP contribution in [-0.2, 0) is 10.0 Å². The maximum atomic E-state index is 12.0. The van der Waals surface area contributed by atoms with E-state index < -0.39 is 14.9 Å². The molecule has 0 aliphatic carbocycles. The lowest BCUT2D eigenvalue weighted by atomic mass is 10.1. The number of unbranched alkanes of at least 4 members (excludes halogenated alkanes) is 1. The van der Waals surface area contributed by atoms with Crippen molar-refractivity contribution in [2.45, 2.75) is 44.4 Å². The van der Waals surface area contributed by atoms with Crippen molar-refractivity contribution in [1.29, 1.82) is 0 Å². The predicted octanol–water partition coefficient (Wildman–Crippen LogP) is 2.83. The van der Waals surface area contributed by atoms with Crippen LogP contribution in [0.1, 0.15) is 39.5 Å². The fourth-order valence-electron chi connectivity index (χ4n) is 1.62. The summed E-state index contributed by atoms with van der Waals surface area (Å²) in [5.74, 6) is 0. The highest BCUT2D eigenvalue weighted by atomic mass is 32.2. The summed E-state index contributed by atoms with van der Waals surface area (Å²) in [5.41, 5.74) is 0.622. The quantitative estimate of drug-likeness (QED) is 0.453. The zero-order chi connectivity index (χ0) is 15.9. The van der Waals surface area contributed by atoms with E-state index in [-0.39, 0.29) is 10.6 Å². The molecule has 0 bridgehead atoms. The molecule has 0 spiro atoms. The Kier molecular flexibility index (Phi) is 6.29. The summed E-state index contributed by atoms with van der Waals surface area (Å²) < 4.78 is 24.0. The van der Waals surface area contributed by atoms with Gasteiger partial charge < -0.3 is 0 Å². The molecule has 0 atom stereocenters. The van der Waals surface area contributed by atoms with E-state index in [1.807, 2.05) is 13.8 Å². The van der Waals surface area contributed by atoms with Crippen molar-refractivity contribution in [2.75, 3.05) is 0 Å². The fraction of sp³-hybridized carbons (Fsp3) is 0.462. The van der Waals surface area contributed by atoms with Crippen LogP contribution in [0.25, 0.3) is 0 Å². The van der Waals surface area contributed by atoms with Gasteiger partial charge in [0.2, 0.25) is 0 Å². The first-order valence-corrected chi connectivity index (χ1v) is 8.20. The zero-order valence-electron chi connectivity index (χ0n) is 12.1. The van der Waals surface area contributed by atoms with Gasteiger partial charge in [-0.05, 0) is 31.4 Å². The highest BCUT2D eigenvalue weighted by Gasteiger charge is 2.15. The number of hydrogen-bond donors (Lipinski definition) is 1. The van der Waals surface area contributed by atoms with E-state index in [1.165, 1.54) is 12.1 Å². The van der Waals surface area contributed by atoms with Crippen LogP contribution < -0.4 is 4.83 Å². The van der Waals surface area contributed by atoms with Crippen molar-refractivity contribution in [1.82, 2.24) is 4.83 Å². The summed E-state index contributed by atoms with van der Waals surface area (Å²) in [7, 11) is -3.79. The minimum absolute atomic E-state index is 0.0530. The maximum absolute atomic E-state index is 12.0. The number of hydrogen-bond acceptors (Lipinski definition) is 5. The molecule has 0 heterocycles. The fourth-order valence-corrected chi connectivity index (χ4v) is 2.47. The largest absolute Gasteiger partial charge is 0.276 e. The van der Waals surface area contributed by atoms with Gasteiger partial charge in [-0.15, -0.1) is 0 Å². The van der Waals surface area contributed by atoms with Gasteiger partial charge in [-0.2, -0.15) is 13.5 Å². The molecule has 1 N–H and O–H groups in total. The Morgan fingerprint density at radius 2 is 1.90 bits per heavy atom. The molecule has 0 aromatic heterocycles. The molecule has 0 aliphatic rings. The molecule has 0 aliphatic heterocycles. The van der Waals surface area contributed by atoms with Gasteiger partial charge in [0.25, 0.3) is 15.7 Å². The average Bonchev–Trinajstić information content (AvgIpc) is 2.47. The molecule has 7 nitrogen and oxygen atoms in total. The molecule has 0 saturated carbocycles. The van der Waals surface area contributed by atoms with Crippen molar-refractivity contribution in [2.24, 2.45) is 5.10 Å². The summed E-state index contributed by atoms with van der Waals surface area (Å²) in [6, 6.07) is 4.67. The molecule has 1 rings (SSSR count). The van der Waals surface area contributed by atoms with Gasteiger partial charge in [-0.25, -0.2) is 4.83 Å². The lowest BCUT2D eigenvalue weighted by Crippen LogP contribution is -2.20. The van der Waals surface area contributed by atoms with Crippen molar-refractivity contribution in [3.63, 3.8) is 0 Å². The average molecular weight is 313 g/mol. The highest BCUT2D eigenvalue weighted by molar-refractivity contribution is 7.89. The molecule has 0 saturated heterocycles. The number of nitro groups is 1. The lowest BCUT2D eigenvalue weighted by Gasteiger charge is -2.06. The van der Waals surface area contributed by atoms with Crippen LogP contribution >= 0.6 is 0 Å². The van der Waals surface area contributed by atoms with Crippen molar-refractivity contribution in [3.05, 3.63) is 34.4 Å². The number of benzene rings is 1. The SMILES string of the molecule is CCCC/C(CC)=N/NS(=O)(=O)c1ccc([N+](=O)[O-])cc1. The van der Waals surface area contributed by atoms with Gasteiger partial charge in [-0.1, -0.05) is 20.3 Å². The van der Waals surface area contributed by atoms with E-state index in [9.17, 15) is 18.5 Å². The molecule has 8 heteroatoms. The minimum Gasteiger partial charge on any atom is -0.258 e. The van der Waals surface area contributed by atoms with Gasteiger partial charge in [0.1, 0.15) is 0 Å². The number of nitro benzene ring substituents is 1. The first kappa shape index (κ1) is 17.1. The summed E-state index contributed by atoms with van der Waals surface area (Å²) in [6.45, 7) is 3.96. The molecule has 0 fully saturated rings. The molecular weight excluding hydrogens is 294 g/mol. The molecule has 21 heavy (non-hydrogen) atoms. The molecule has 0 radical (unpaired) electrons. The Bertz CT molecular complexity index is 609. The molecule has 0 amide bonds. The van der Waals surface area contributed by atoms with Crippen LogP contribution in [0.3, 0.4) is 0 Å². The van der Waals surface area contributed by atoms with Gasteiger partial charge >= 0.3 is 0 Å².